The Kier molecular flexibility index (Phi) is 3.80. The van der Waals surface area contributed by atoms with E-state index in [1.807, 2.05) is 6.92 Å². The number of hydrogen-bond acceptors (Lipinski definition) is 4. The Morgan fingerprint density at radius 1 is 1.53 bits per heavy atom. The van der Waals surface area contributed by atoms with E-state index in [0.717, 1.165) is 19.4 Å². The highest BCUT2D eigenvalue weighted by Crippen LogP contribution is 2.28. The van der Waals surface area contributed by atoms with Gasteiger partial charge in [-0.1, -0.05) is 6.92 Å². The third kappa shape index (κ3) is 3.27. The lowest BCUT2D eigenvalue weighted by Crippen LogP contribution is -2.27. The number of aromatic nitrogens is 2. The average molecular weight is 258 g/mol. The summed E-state index contributed by atoms with van der Waals surface area (Å²) in [6.45, 7) is 3.80. The second-order valence-corrected chi connectivity index (χ2v) is 6.00. The molecule has 1 aromatic heterocycles. The summed E-state index contributed by atoms with van der Waals surface area (Å²) < 4.78 is 26.6. The van der Waals surface area contributed by atoms with Crippen LogP contribution in [0.3, 0.4) is 0 Å². The van der Waals surface area contributed by atoms with Crippen molar-refractivity contribution >= 4 is 10.0 Å². The second kappa shape index (κ2) is 5.16. The zero-order valence-electron chi connectivity index (χ0n) is 9.86. The number of sulfonamides is 1. The van der Waals surface area contributed by atoms with Gasteiger partial charge in [0.15, 0.2) is 5.03 Å². The minimum Gasteiger partial charge on any atom is -0.313 e. The van der Waals surface area contributed by atoms with Crippen LogP contribution in [0.1, 0.15) is 25.3 Å². The van der Waals surface area contributed by atoms with E-state index in [2.05, 4.69) is 20.2 Å². The van der Waals surface area contributed by atoms with Crippen LogP contribution in [-0.4, -0.2) is 31.7 Å². The van der Waals surface area contributed by atoms with Gasteiger partial charge in [0.25, 0.3) is 10.0 Å². The molecule has 0 spiro atoms. The summed E-state index contributed by atoms with van der Waals surface area (Å²) in [6.07, 6.45) is 3.79. The molecule has 1 saturated carbocycles. The van der Waals surface area contributed by atoms with Crippen LogP contribution in [0.5, 0.6) is 0 Å². The lowest BCUT2D eigenvalue weighted by atomic mass is 10.3. The number of nitrogens with zero attached hydrogens (tertiary/aromatic N) is 1. The Morgan fingerprint density at radius 3 is 2.94 bits per heavy atom. The highest BCUT2D eigenvalue weighted by atomic mass is 32.2. The van der Waals surface area contributed by atoms with Gasteiger partial charge in [-0.25, -0.2) is 13.1 Å². The smallest absolute Gasteiger partial charge is 0.257 e. The minimum absolute atomic E-state index is 0.180. The second-order valence-electron chi connectivity index (χ2n) is 4.30. The van der Waals surface area contributed by atoms with Crippen LogP contribution in [0.2, 0.25) is 0 Å². The van der Waals surface area contributed by atoms with Gasteiger partial charge >= 0.3 is 0 Å². The van der Waals surface area contributed by atoms with Crippen LogP contribution in [-0.2, 0) is 16.6 Å². The van der Waals surface area contributed by atoms with Crippen molar-refractivity contribution in [2.24, 2.45) is 5.92 Å². The van der Waals surface area contributed by atoms with Crippen molar-refractivity contribution in [3.63, 3.8) is 0 Å². The molecule has 2 rings (SSSR count). The predicted molar refractivity (Wildman–Crippen MR) is 63.9 cm³/mol. The molecule has 1 aliphatic rings. The van der Waals surface area contributed by atoms with E-state index in [1.54, 1.807) is 6.20 Å². The zero-order chi connectivity index (χ0) is 12.3. The Bertz CT molecular complexity index is 464. The normalized spacial score (nSPS) is 16.3. The molecule has 17 heavy (non-hydrogen) atoms. The van der Waals surface area contributed by atoms with Crippen LogP contribution in [0.15, 0.2) is 11.2 Å². The Labute approximate surface area is 101 Å². The van der Waals surface area contributed by atoms with Gasteiger partial charge in [-0.15, -0.1) is 0 Å². The number of aromatic amines is 1. The molecule has 0 amide bonds. The van der Waals surface area contributed by atoms with Gasteiger partial charge in [0.05, 0.1) is 6.20 Å². The van der Waals surface area contributed by atoms with Gasteiger partial charge in [-0.05, 0) is 25.3 Å². The Hall–Kier alpha value is -0.920. The first-order chi connectivity index (χ1) is 8.13. The van der Waals surface area contributed by atoms with E-state index in [9.17, 15) is 8.42 Å². The summed E-state index contributed by atoms with van der Waals surface area (Å²) in [6, 6.07) is 0. The van der Waals surface area contributed by atoms with Crippen molar-refractivity contribution in [3.8, 4) is 0 Å². The molecule has 1 aliphatic carbocycles. The van der Waals surface area contributed by atoms with Crippen molar-refractivity contribution in [2.75, 3.05) is 13.1 Å². The van der Waals surface area contributed by atoms with Gasteiger partial charge in [-0.2, -0.15) is 5.10 Å². The van der Waals surface area contributed by atoms with Crippen molar-refractivity contribution in [1.29, 1.82) is 0 Å². The summed E-state index contributed by atoms with van der Waals surface area (Å²) in [7, 11) is -3.44. The monoisotopic (exact) mass is 258 g/mol. The van der Waals surface area contributed by atoms with E-state index >= 15 is 0 Å². The molecule has 3 N–H and O–H groups in total. The summed E-state index contributed by atoms with van der Waals surface area (Å²) in [5, 5.41) is 9.63. The van der Waals surface area contributed by atoms with Crippen molar-refractivity contribution in [2.45, 2.75) is 31.3 Å². The van der Waals surface area contributed by atoms with Gasteiger partial charge in [0.2, 0.25) is 0 Å². The van der Waals surface area contributed by atoms with Crippen LogP contribution in [0.4, 0.5) is 0 Å². The standard InChI is InChI=1S/C10H18N4O2S/c1-2-11-6-9-7-12-14-10(9)17(15,16)13-5-8-3-4-8/h7-8,11,13H,2-6H2,1H3,(H,12,14). The molecule has 0 bridgehead atoms. The highest BCUT2D eigenvalue weighted by Gasteiger charge is 2.26. The molecule has 0 saturated heterocycles. The van der Waals surface area contributed by atoms with E-state index < -0.39 is 10.0 Å². The van der Waals surface area contributed by atoms with Gasteiger partial charge in [-0.3, -0.25) is 5.10 Å². The number of hydrogen-bond donors (Lipinski definition) is 3. The maximum Gasteiger partial charge on any atom is 0.257 e. The molecule has 0 atom stereocenters. The molecule has 96 valence electrons. The Balaban J connectivity index is 2.05. The van der Waals surface area contributed by atoms with Crippen molar-refractivity contribution in [1.82, 2.24) is 20.2 Å². The summed E-state index contributed by atoms with van der Waals surface area (Å²) in [4.78, 5) is 0. The molecular formula is C10H18N4O2S. The average Bonchev–Trinajstić information content (AvgIpc) is 3.00. The Morgan fingerprint density at radius 2 is 2.29 bits per heavy atom. The maximum atomic E-state index is 12.0. The fraction of sp³-hybridized carbons (Fsp3) is 0.700. The molecule has 7 heteroatoms. The topological polar surface area (TPSA) is 86.9 Å². The SMILES string of the molecule is CCNCc1cn[nH]c1S(=O)(=O)NCC1CC1. The molecule has 1 fully saturated rings. The van der Waals surface area contributed by atoms with Gasteiger partial charge in [0, 0.05) is 18.7 Å². The lowest BCUT2D eigenvalue weighted by Gasteiger charge is -2.06. The molecule has 0 aromatic carbocycles. The van der Waals surface area contributed by atoms with E-state index in [1.165, 1.54) is 0 Å². The summed E-state index contributed by atoms with van der Waals surface area (Å²) in [5.74, 6) is 0.518. The third-order valence-electron chi connectivity index (χ3n) is 2.77. The van der Waals surface area contributed by atoms with Crippen LogP contribution in [0, 0.1) is 5.92 Å². The molecule has 1 heterocycles. The summed E-state index contributed by atoms with van der Waals surface area (Å²) >= 11 is 0. The third-order valence-corrected chi connectivity index (χ3v) is 4.21. The molecule has 0 unspecified atom stereocenters. The first kappa shape index (κ1) is 12.5. The van der Waals surface area contributed by atoms with Crippen LogP contribution in [0.25, 0.3) is 0 Å². The maximum absolute atomic E-state index is 12.0. The molecular weight excluding hydrogens is 240 g/mol. The number of nitrogens with one attached hydrogen (secondary N) is 3. The summed E-state index contributed by atoms with van der Waals surface area (Å²) in [5.41, 5.74) is 0.676. The van der Waals surface area contributed by atoms with Crippen LogP contribution < -0.4 is 10.0 Å². The van der Waals surface area contributed by atoms with Gasteiger partial charge in [0.1, 0.15) is 0 Å². The number of H-pyrrole nitrogens is 1. The molecule has 6 nitrogen and oxygen atoms in total. The minimum atomic E-state index is -3.44. The molecule has 0 radical (unpaired) electrons. The van der Waals surface area contributed by atoms with E-state index in [4.69, 9.17) is 0 Å². The van der Waals surface area contributed by atoms with Crippen LogP contribution >= 0.6 is 0 Å². The van der Waals surface area contributed by atoms with E-state index in [0.29, 0.717) is 24.6 Å². The molecule has 1 aromatic rings. The number of rotatable bonds is 7. The fourth-order valence-electron chi connectivity index (χ4n) is 1.54. The molecule has 0 aliphatic heterocycles. The first-order valence-corrected chi connectivity index (χ1v) is 7.34. The largest absolute Gasteiger partial charge is 0.313 e. The van der Waals surface area contributed by atoms with Crippen molar-refractivity contribution in [3.05, 3.63) is 11.8 Å². The first-order valence-electron chi connectivity index (χ1n) is 5.86. The predicted octanol–water partition coefficient (Wildman–Crippen LogP) is 0.208. The fourth-order valence-corrected chi connectivity index (χ4v) is 2.78. The lowest BCUT2D eigenvalue weighted by molar-refractivity contribution is 0.570. The quantitative estimate of drug-likeness (QED) is 0.652. The zero-order valence-corrected chi connectivity index (χ0v) is 10.7. The van der Waals surface area contributed by atoms with E-state index in [-0.39, 0.29) is 5.03 Å². The van der Waals surface area contributed by atoms with Crippen molar-refractivity contribution < 1.29 is 8.42 Å². The highest BCUT2D eigenvalue weighted by molar-refractivity contribution is 7.89. The van der Waals surface area contributed by atoms with Gasteiger partial charge < -0.3 is 5.32 Å².